The number of phenols is 1. The fourth-order valence-corrected chi connectivity index (χ4v) is 0.726. The number of hydrogen-bond donors (Lipinski definition) is 2. The molecule has 2 radical (unpaired) electrons. The van der Waals surface area contributed by atoms with Crippen molar-refractivity contribution in [1.29, 1.82) is 0 Å². The Morgan fingerprint density at radius 3 is 2.60 bits per heavy atom. The van der Waals surface area contributed by atoms with Gasteiger partial charge in [-0.1, -0.05) is 11.5 Å². The van der Waals surface area contributed by atoms with Crippen LogP contribution in [-0.4, -0.2) is 18.1 Å². The van der Waals surface area contributed by atoms with Crippen molar-refractivity contribution >= 4 is 13.3 Å². The summed E-state index contributed by atoms with van der Waals surface area (Å²) in [4.78, 5) is 0. The lowest BCUT2D eigenvalue weighted by molar-refractivity contribution is 0.283. The summed E-state index contributed by atoms with van der Waals surface area (Å²) >= 11 is 0. The van der Waals surface area contributed by atoms with E-state index in [0.717, 1.165) is 0 Å². The molecule has 0 aliphatic carbocycles. The molecule has 0 amide bonds. The highest BCUT2D eigenvalue weighted by molar-refractivity contribution is 6.33. The van der Waals surface area contributed by atoms with Gasteiger partial charge in [0, 0.05) is 0 Å². The minimum absolute atomic E-state index is 0.0912. The van der Waals surface area contributed by atoms with Gasteiger partial charge in [0.1, 0.15) is 13.6 Å². The minimum atomic E-state index is -0.0912. The molecular formula is C7H7BO2. The number of rotatable bonds is 1. The first kappa shape index (κ1) is 7.16. The Bertz CT molecular complexity index is 235. The highest BCUT2D eigenvalue weighted by Crippen LogP contribution is 2.06. The van der Waals surface area contributed by atoms with Crippen LogP contribution >= 0.6 is 0 Å². The molecule has 1 rings (SSSR count). The standard InChI is InChI=1S/C7H7BO2/c8-7-3-6(10)2-1-5(7)4-9/h1-3,9-10H,4H2. The topological polar surface area (TPSA) is 40.5 Å². The SMILES string of the molecule is [B]c1cc(O)ccc1CO. The van der Waals surface area contributed by atoms with Gasteiger partial charge in [-0.15, -0.1) is 0 Å². The van der Waals surface area contributed by atoms with E-state index in [1.54, 1.807) is 6.07 Å². The Labute approximate surface area is 60.5 Å². The van der Waals surface area contributed by atoms with Gasteiger partial charge in [0.15, 0.2) is 0 Å². The number of aliphatic hydroxyl groups is 1. The molecule has 0 unspecified atom stereocenters. The molecule has 0 fully saturated rings. The second kappa shape index (κ2) is 2.75. The zero-order valence-electron chi connectivity index (χ0n) is 5.41. The molecule has 2 N–H and O–H groups in total. The summed E-state index contributed by atoms with van der Waals surface area (Å²) in [7, 11) is 5.41. The van der Waals surface area contributed by atoms with E-state index < -0.39 is 0 Å². The highest BCUT2D eigenvalue weighted by atomic mass is 16.3. The van der Waals surface area contributed by atoms with Crippen LogP contribution in [-0.2, 0) is 6.61 Å². The number of phenolic OH excluding ortho intramolecular Hbond substituents is 1. The zero-order chi connectivity index (χ0) is 7.56. The lowest BCUT2D eigenvalue weighted by Crippen LogP contribution is -2.08. The number of aromatic hydroxyl groups is 1. The molecule has 1 aromatic carbocycles. The summed E-state index contributed by atoms with van der Waals surface area (Å²) < 4.78 is 0. The molecule has 0 saturated heterocycles. The summed E-state index contributed by atoms with van der Waals surface area (Å²) in [5.41, 5.74) is 1.06. The van der Waals surface area contributed by atoms with E-state index in [1.807, 2.05) is 0 Å². The predicted molar refractivity (Wildman–Crippen MR) is 39.4 cm³/mol. The van der Waals surface area contributed by atoms with Gasteiger partial charge in [-0.2, -0.15) is 0 Å². The molecule has 0 aliphatic rings. The van der Waals surface area contributed by atoms with Gasteiger partial charge in [-0.25, -0.2) is 0 Å². The average Bonchev–Trinajstić information content (AvgIpc) is 1.88. The maximum Gasteiger partial charge on any atom is 0.115 e. The van der Waals surface area contributed by atoms with Gasteiger partial charge in [-0.3, -0.25) is 0 Å². The Hall–Kier alpha value is -0.955. The average molecular weight is 134 g/mol. The third-order valence-corrected chi connectivity index (χ3v) is 1.30. The van der Waals surface area contributed by atoms with Crippen molar-refractivity contribution in [1.82, 2.24) is 0 Å². The first-order chi connectivity index (χ1) is 4.74. The van der Waals surface area contributed by atoms with Crippen LogP contribution in [0.1, 0.15) is 5.56 Å². The van der Waals surface area contributed by atoms with E-state index in [4.69, 9.17) is 18.1 Å². The monoisotopic (exact) mass is 134 g/mol. The van der Waals surface area contributed by atoms with Crippen molar-refractivity contribution in [2.24, 2.45) is 0 Å². The van der Waals surface area contributed by atoms with Crippen molar-refractivity contribution in [2.45, 2.75) is 6.61 Å². The second-order valence-corrected chi connectivity index (χ2v) is 2.04. The van der Waals surface area contributed by atoms with E-state index in [1.165, 1.54) is 12.1 Å². The maximum absolute atomic E-state index is 8.87. The van der Waals surface area contributed by atoms with Crippen molar-refractivity contribution in [3.05, 3.63) is 23.8 Å². The predicted octanol–water partition coefficient (Wildman–Crippen LogP) is -0.322. The first-order valence-electron chi connectivity index (χ1n) is 2.92. The van der Waals surface area contributed by atoms with Crippen LogP contribution in [0.2, 0.25) is 0 Å². The molecule has 1 aromatic rings. The Morgan fingerprint density at radius 1 is 1.40 bits per heavy atom. The summed E-state index contributed by atoms with van der Waals surface area (Å²) in [5.74, 6) is 0.120. The fourth-order valence-electron chi connectivity index (χ4n) is 0.726. The zero-order valence-corrected chi connectivity index (χ0v) is 5.41. The molecular weight excluding hydrogens is 127 g/mol. The van der Waals surface area contributed by atoms with Crippen molar-refractivity contribution in [3.63, 3.8) is 0 Å². The minimum Gasteiger partial charge on any atom is -0.508 e. The van der Waals surface area contributed by atoms with Gasteiger partial charge >= 0.3 is 0 Å². The van der Waals surface area contributed by atoms with Crippen LogP contribution in [0.3, 0.4) is 0 Å². The Kier molecular flexibility index (Phi) is 1.97. The van der Waals surface area contributed by atoms with Crippen LogP contribution < -0.4 is 5.46 Å². The quantitative estimate of drug-likeness (QED) is 0.516. The van der Waals surface area contributed by atoms with Crippen LogP contribution in [0.5, 0.6) is 5.75 Å². The fraction of sp³-hybridized carbons (Fsp3) is 0.143. The highest BCUT2D eigenvalue weighted by Gasteiger charge is 1.95. The van der Waals surface area contributed by atoms with E-state index in [2.05, 4.69) is 0 Å². The van der Waals surface area contributed by atoms with Gasteiger partial charge in [-0.05, 0) is 17.7 Å². The van der Waals surface area contributed by atoms with Gasteiger partial charge < -0.3 is 10.2 Å². The van der Waals surface area contributed by atoms with Gasteiger partial charge in [0.25, 0.3) is 0 Å². The molecule has 10 heavy (non-hydrogen) atoms. The number of aliphatic hydroxyl groups excluding tert-OH is 1. The molecule has 0 aliphatic heterocycles. The molecule has 0 atom stereocenters. The smallest absolute Gasteiger partial charge is 0.115 e. The molecule has 0 heterocycles. The molecule has 0 aromatic heterocycles. The second-order valence-electron chi connectivity index (χ2n) is 2.04. The summed E-state index contributed by atoms with van der Waals surface area (Å²) in [6.45, 7) is -0.0912. The van der Waals surface area contributed by atoms with Crippen LogP contribution in [0.15, 0.2) is 18.2 Å². The lowest BCUT2D eigenvalue weighted by Gasteiger charge is -2.01. The Balaban J connectivity index is 3.07. The molecule has 50 valence electrons. The van der Waals surface area contributed by atoms with E-state index in [9.17, 15) is 0 Å². The first-order valence-corrected chi connectivity index (χ1v) is 2.92. The lowest BCUT2D eigenvalue weighted by atomic mass is 9.91. The third kappa shape index (κ3) is 1.31. The largest absolute Gasteiger partial charge is 0.508 e. The Morgan fingerprint density at radius 2 is 2.10 bits per heavy atom. The summed E-state index contributed by atoms with van der Waals surface area (Å²) in [6.07, 6.45) is 0. The van der Waals surface area contributed by atoms with Crippen LogP contribution in [0, 0.1) is 0 Å². The van der Waals surface area contributed by atoms with Gasteiger partial charge in [0.2, 0.25) is 0 Å². The molecule has 0 saturated carbocycles. The normalized spacial score (nSPS) is 9.70. The van der Waals surface area contributed by atoms with E-state index in [-0.39, 0.29) is 12.4 Å². The maximum atomic E-state index is 8.87. The molecule has 0 spiro atoms. The van der Waals surface area contributed by atoms with Crippen molar-refractivity contribution in [3.8, 4) is 5.75 Å². The summed E-state index contributed by atoms with van der Waals surface area (Å²) in [6, 6.07) is 4.48. The molecule has 3 heteroatoms. The van der Waals surface area contributed by atoms with Crippen LogP contribution in [0.25, 0.3) is 0 Å². The van der Waals surface area contributed by atoms with Crippen molar-refractivity contribution in [2.75, 3.05) is 0 Å². The van der Waals surface area contributed by atoms with E-state index >= 15 is 0 Å². The van der Waals surface area contributed by atoms with Gasteiger partial charge in [0.05, 0.1) is 6.61 Å². The summed E-state index contributed by atoms with van der Waals surface area (Å²) in [5, 5.41) is 17.5. The number of hydrogen-bond acceptors (Lipinski definition) is 2. The van der Waals surface area contributed by atoms with E-state index in [0.29, 0.717) is 11.0 Å². The molecule has 2 nitrogen and oxygen atoms in total. The van der Waals surface area contributed by atoms with Crippen LogP contribution in [0.4, 0.5) is 0 Å². The van der Waals surface area contributed by atoms with Crippen molar-refractivity contribution < 1.29 is 10.2 Å². The number of benzene rings is 1. The third-order valence-electron chi connectivity index (χ3n) is 1.30. The molecule has 0 bridgehead atoms.